The second kappa shape index (κ2) is 5.99. The number of ketones is 1. The molecule has 92 valence electrons. The van der Waals surface area contributed by atoms with Crippen molar-refractivity contribution < 1.29 is 9.59 Å². The van der Waals surface area contributed by atoms with Gasteiger partial charge in [-0.1, -0.05) is 0 Å². The zero-order chi connectivity index (χ0) is 12.1. The lowest BCUT2D eigenvalue weighted by molar-refractivity contribution is -0.127. The number of hydrogen-bond donors (Lipinski definition) is 1. The van der Waals surface area contributed by atoms with E-state index >= 15 is 0 Å². The van der Waals surface area contributed by atoms with Crippen LogP contribution in [0.25, 0.3) is 0 Å². The van der Waals surface area contributed by atoms with Gasteiger partial charge in [0.05, 0.1) is 6.04 Å². The van der Waals surface area contributed by atoms with E-state index in [1.165, 1.54) is 0 Å². The molecule has 0 radical (unpaired) electrons. The van der Waals surface area contributed by atoms with Crippen molar-refractivity contribution in [3.05, 3.63) is 0 Å². The molecule has 1 amide bonds. The molecule has 16 heavy (non-hydrogen) atoms. The summed E-state index contributed by atoms with van der Waals surface area (Å²) in [5.74, 6) is 0.276. The Morgan fingerprint density at radius 3 is 2.75 bits per heavy atom. The maximum absolute atomic E-state index is 11.7. The summed E-state index contributed by atoms with van der Waals surface area (Å²) >= 11 is 0. The molecule has 4 nitrogen and oxygen atoms in total. The lowest BCUT2D eigenvalue weighted by Gasteiger charge is -2.29. The zero-order valence-corrected chi connectivity index (χ0v) is 10.5. The van der Waals surface area contributed by atoms with Gasteiger partial charge in [-0.25, -0.2) is 0 Å². The Kier molecular flexibility index (Phi) is 4.93. The third-order valence-corrected chi connectivity index (χ3v) is 3.17. The van der Waals surface area contributed by atoms with Crippen LogP contribution in [-0.2, 0) is 9.59 Å². The number of carbonyl (C=O) groups excluding carboxylic acids is 2. The van der Waals surface area contributed by atoms with Gasteiger partial charge in [-0.2, -0.15) is 0 Å². The van der Waals surface area contributed by atoms with Gasteiger partial charge in [-0.3, -0.25) is 14.5 Å². The van der Waals surface area contributed by atoms with Gasteiger partial charge in [0.1, 0.15) is 5.78 Å². The van der Waals surface area contributed by atoms with Gasteiger partial charge < -0.3 is 5.32 Å². The third-order valence-electron chi connectivity index (χ3n) is 3.17. The summed E-state index contributed by atoms with van der Waals surface area (Å²) < 4.78 is 0. The fraction of sp³-hybridized carbons (Fsp3) is 0.833. The minimum absolute atomic E-state index is 0.0675. The fourth-order valence-electron chi connectivity index (χ4n) is 2.39. The number of nitrogens with zero attached hydrogens (tertiary/aromatic N) is 1. The molecule has 0 spiro atoms. The number of nitrogens with one attached hydrogen (secondary N) is 1. The second-order valence-corrected chi connectivity index (χ2v) is 4.51. The molecule has 2 unspecified atom stereocenters. The lowest BCUT2D eigenvalue weighted by atomic mass is 10.1. The van der Waals surface area contributed by atoms with Crippen molar-refractivity contribution in [1.82, 2.24) is 10.2 Å². The molecule has 2 atom stereocenters. The molecule has 0 bridgehead atoms. The predicted molar refractivity (Wildman–Crippen MR) is 63.2 cm³/mol. The van der Waals surface area contributed by atoms with Crippen molar-refractivity contribution in [1.29, 1.82) is 0 Å². The largest absolute Gasteiger partial charge is 0.355 e. The van der Waals surface area contributed by atoms with E-state index < -0.39 is 0 Å². The van der Waals surface area contributed by atoms with Gasteiger partial charge >= 0.3 is 0 Å². The molecule has 0 aromatic heterocycles. The number of rotatable bonds is 5. The van der Waals surface area contributed by atoms with Gasteiger partial charge in [0, 0.05) is 19.0 Å². The summed E-state index contributed by atoms with van der Waals surface area (Å²) in [6.07, 6.45) is 2.69. The summed E-state index contributed by atoms with van der Waals surface area (Å²) in [6, 6.07) is 0.141. The van der Waals surface area contributed by atoms with E-state index in [-0.39, 0.29) is 23.8 Å². The van der Waals surface area contributed by atoms with Crippen molar-refractivity contribution in [3.8, 4) is 0 Å². The molecule has 1 fully saturated rings. The third kappa shape index (κ3) is 3.30. The second-order valence-electron chi connectivity index (χ2n) is 4.51. The van der Waals surface area contributed by atoms with Crippen molar-refractivity contribution in [3.63, 3.8) is 0 Å². The predicted octanol–water partition coefficient (Wildman–Crippen LogP) is 0.955. The average Bonchev–Trinajstić information content (AvgIpc) is 2.64. The lowest BCUT2D eigenvalue weighted by Crippen LogP contribution is -2.47. The van der Waals surface area contributed by atoms with Crippen molar-refractivity contribution >= 4 is 11.7 Å². The van der Waals surface area contributed by atoms with E-state index in [1.54, 1.807) is 6.92 Å². The van der Waals surface area contributed by atoms with Crippen LogP contribution in [0.4, 0.5) is 0 Å². The summed E-state index contributed by atoms with van der Waals surface area (Å²) in [6.45, 7) is 7.04. The number of likely N-dealkylation sites (tertiary alicyclic amines) is 1. The zero-order valence-electron chi connectivity index (χ0n) is 10.5. The van der Waals surface area contributed by atoms with Crippen molar-refractivity contribution in [2.75, 3.05) is 13.1 Å². The van der Waals surface area contributed by atoms with Crippen LogP contribution in [0.2, 0.25) is 0 Å². The monoisotopic (exact) mass is 226 g/mol. The summed E-state index contributed by atoms with van der Waals surface area (Å²) in [5, 5.41) is 2.83. The molecule has 0 saturated carbocycles. The van der Waals surface area contributed by atoms with Crippen LogP contribution < -0.4 is 5.32 Å². The Morgan fingerprint density at radius 2 is 2.19 bits per heavy atom. The van der Waals surface area contributed by atoms with E-state index in [1.807, 2.05) is 13.8 Å². The van der Waals surface area contributed by atoms with Gasteiger partial charge in [0.15, 0.2) is 0 Å². The number of Topliss-reactive ketones (excluding diaryl/α,β-unsaturated/α-hetero) is 1. The molecule has 1 saturated heterocycles. The summed E-state index contributed by atoms with van der Waals surface area (Å²) in [5.41, 5.74) is 0. The Bertz CT molecular complexity index is 266. The van der Waals surface area contributed by atoms with Crippen LogP contribution in [0, 0.1) is 0 Å². The first-order valence-corrected chi connectivity index (χ1v) is 6.09. The van der Waals surface area contributed by atoms with Gasteiger partial charge in [-0.05, 0) is 40.2 Å². The number of amides is 1. The standard InChI is InChI=1S/C12H22N2O2/c1-4-13-12(16)10(3)14-7-5-6-11(14)8-9(2)15/h10-11H,4-8H2,1-3H3,(H,13,16). The van der Waals surface area contributed by atoms with Crippen molar-refractivity contribution in [2.24, 2.45) is 0 Å². The normalized spacial score (nSPS) is 23.1. The number of hydrogen-bond acceptors (Lipinski definition) is 3. The van der Waals surface area contributed by atoms with E-state index in [0.717, 1.165) is 19.4 Å². The van der Waals surface area contributed by atoms with Crippen LogP contribution in [0.1, 0.15) is 40.0 Å². The number of carbonyl (C=O) groups is 2. The average molecular weight is 226 g/mol. The maximum atomic E-state index is 11.7. The summed E-state index contributed by atoms with van der Waals surface area (Å²) in [7, 11) is 0. The topological polar surface area (TPSA) is 49.4 Å². The maximum Gasteiger partial charge on any atom is 0.237 e. The molecule has 1 rings (SSSR count). The molecule has 0 aromatic rings. The Labute approximate surface area is 97.4 Å². The van der Waals surface area contributed by atoms with Gasteiger partial charge in [0.25, 0.3) is 0 Å². The van der Waals surface area contributed by atoms with Crippen molar-refractivity contribution in [2.45, 2.75) is 52.1 Å². The van der Waals surface area contributed by atoms with E-state index in [0.29, 0.717) is 13.0 Å². The highest BCUT2D eigenvalue weighted by Crippen LogP contribution is 2.22. The summed E-state index contributed by atoms with van der Waals surface area (Å²) in [4.78, 5) is 25.0. The highest BCUT2D eigenvalue weighted by Gasteiger charge is 2.32. The smallest absolute Gasteiger partial charge is 0.237 e. The first kappa shape index (κ1) is 13.2. The van der Waals surface area contributed by atoms with Gasteiger partial charge in [0.2, 0.25) is 5.91 Å². The first-order chi connectivity index (χ1) is 7.56. The van der Waals surface area contributed by atoms with E-state index in [9.17, 15) is 9.59 Å². The fourth-order valence-corrected chi connectivity index (χ4v) is 2.39. The molecule has 1 heterocycles. The van der Waals surface area contributed by atoms with E-state index in [2.05, 4.69) is 10.2 Å². The van der Waals surface area contributed by atoms with Crippen LogP contribution in [0.3, 0.4) is 0 Å². The highest BCUT2D eigenvalue weighted by molar-refractivity contribution is 5.81. The molecular weight excluding hydrogens is 204 g/mol. The molecule has 1 aliphatic rings. The quantitative estimate of drug-likeness (QED) is 0.759. The molecule has 0 aromatic carbocycles. The molecule has 1 aliphatic heterocycles. The minimum atomic E-state index is -0.119. The highest BCUT2D eigenvalue weighted by atomic mass is 16.2. The molecule has 1 N–H and O–H groups in total. The van der Waals surface area contributed by atoms with Crippen LogP contribution in [0.15, 0.2) is 0 Å². The molecule has 4 heteroatoms. The van der Waals surface area contributed by atoms with Gasteiger partial charge in [-0.15, -0.1) is 0 Å². The Balaban J connectivity index is 2.56. The number of likely N-dealkylation sites (N-methyl/N-ethyl adjacent to an activating group) is 1. The molecular formula is C12H22N2O2. The minimum Gasteiger partial charge on any atom is -0.355 e. The van der Waals surface area contributed by atoms with Crippen LogP contribution in [0.5, 0.6) is 0 Å². The van der Waals surface area contributed by atoms with Crippen LogP contribution in [-0.4, -0.2) is 41.8 Å². The Hall–Kier alpha value is -0.900. The van der Waals surface area contributed by atoms with Crippen LogP contribution >= 0.6 is 0 Å². The SMILES string of the molecule is CCNC(=O)C(C)N1CCCC1CC(C)=O. The Morgan fingerprint density at radius 1 is 1.50 bits per heavy atom. The first-order valence-electron chi connectivity index (χ1n) is 6.09. The van der Waals surface area contributed by atoms with E-state index in [4.69, 9.17) is 0 Å². The molecule has 0 aliphatic carbocycles.